The predicted octanol–water partition coefficient (Wildman–Crippen LogP) is 5.00. The molecular formula is C31H34F3N3O6. The van der Waals surface area contributed by atoms with Gasteiger partial charge < -0.3 is 25.7 Å². The van der Waals surface area contributed by atoms with E-state index in [9.17, 15) is 32.7 Å². The van der Waals surface area contributed by atoms with Crippen molar-refractivity contribution >= 4 is 40.2 Å². The van der Waals surface area contributed by atoms with E-state index in [-0.39, 0.29) is 31.3 Å². The quantitative estimate of drug-likeness (QED) is 0.263. The number of nitrogens with zero attached hydrogens (tertiary/aromatic N) is 2. The molecule has 0 spiro atoms. The van der Waals surface area contributed by atoms with Gasteiger partial charge in [-0.05, 0) is 59.8 Å². The van der Waals surface area contributed by atoms with Gasteiger partial charge in [0.05, 0.1) is 24.2 Å². The Morgan fingerprint density at radius 3 is 2.26 bits per heavy atom. The third-order valence-corrected chi connectivity index (χ3v) is 6.96. The van der Waals surface area contributed by atoms with Crippen LogP contribution in [0.2, 0.25) is 0 Å². The minimum Gasteiger partial charge on any atom is -0.481 e. The molecule has 43 heavy (non-hydrogen) atoms. The normalized spacial score (nSPS) is 13.3. The van der Waals surface area contributed by atoms with Crippen LogP contribution in [0, 0.1) is 0 Å². The summed E-state index contributed by atoms with van der Waals surface area (Å²) in [7, 11) is 0. The van der Waals surface area contributed by atoms with Crippen molar-refractivity contribution in [1.82, 2.24) is 4.90 Å². The number of rotatable bonds is 11. The zero-order valence-corrected chi connectivity index (χ0v) is 23.5. The van der Waals surface area contributed by atoms with Crippen LogP contribution >= 0.6 is 0 Å². The van der Waals surface area contributed by atoms with Gasteiger partial charge in [0.25, 0.3) is 5.91 Å². The minimum atomic E-state index is -5.08. The third kappa shape index (κ3) is 9.27. The van der Waals surface area contributed by atoms with Crippen LogP contribution in [0.3, 0.4) is 0 Å². The number of halogens is 3. The zero-order valence-electron chi connectivity index (χ0n) is 23.5. The summed E-state index contributed by atoms with van der Waals surface area (Å²) in [6.45, 7) is 0.858. The lowest BCUT2D eigenvalue weighted by Crippen LogP contribution is -2.40. The molecule has 0 fully saturated rings. The zero-order chi connectivity index (χ0) is 31.6. The van der Waals surface area contributed by atoms with E-state index in [4.69, 9.17) is 15.6 Å². The highest BCUT2D eigenvalue weighted by molar-refractivity contribution is 6.10. The van der Waals surface area contributed by atoms with Gasteiger partial charge in [0.15, 0.2) is 0 Å². The van der Waals surface area contributed by atoms with Gasteiger partial charge in [0.2, 0.25) is 5.91 Å². The van der Waals surface area contributed by atoms with Crippen molar-refractivity contribution < 1.29 is 42.6 Å². The summed E-state index contributed by atoms with van der Waals surface area (Å²) in [4.78, 5) is 50.1. The number of fused-ring (bicyclic) bond motifs is 2. The van der Waals surface area contributed by atoms with Crippen molar-refractivity contribution in [2.45, 2.75) is 51.2 Å². The molecule has 1 aliphatic heterocycles. The molecule has 0 saturated carbocycles. The number of unbranched alkanes of at least 4 members (excludes halogenated alkanes) is 3. The molecule has 3 aromatic carbocycles. The summed E-state index contributed by atoms with van der Waals surface area (Å²) in [5, 5.41) is 18.4. The van der Waals surface area contributed by atoms with Crippen molar-refractivity contribution in [3.05, 3.63) is 77.4 Å². The fourth-order valence-electron chi connectivity index (χ4n) is 4.78. The number of hydrogen-bond donors (Lipinski definition) is 3. The second-order valence-corrected chi connectivity index (χ2v) is 10.1. The third-order valence-electron chi connectivity index (χ3n) is 6.96. The Morgan fingerprint density at radius 1 is 0.907 bits per heavy atom. The Hall–Kier alpha value is -4.45. The van der Waals surface area contributed by atoms with Gasteiger partial charge >= 0.3 is 18.1 Å². The van der Waals surface area contributed by atoms with E-state index in [1.165, 1.54) is 4.90 Å². The number of carboxylic acid groups (broad SMARTS) is 2. The molecule has 3 aromatic rings. The first-order chi connectivity index (χ1) is 20.4. The maximum absolute atomic E-state index is 13.5. The van der Waals surface area contributed by atoms with E-state index in [1.54, 1.807) is 4.90 Å². The molecule has 0 radical (unpaired) electrons. The van der Waals surface area contributed by atoms with Gasteiger partial charge in [0.1, 0.15) is 6.54 Å². The number of carbonyl (C=O) groups excluding carboxylic acids is 2. The standard InChI is InChI=1S/C29H33N3O4.C2HF3O2/c30-16-6-2-1-3-8-21-13-14-26-25(18-21)29(36)31(17-15-28(34)35)20-27(33)32(26)19-23-11-7-10-22-9-4-5-12-24(22)23;3-2(4,5)1(6)7/h4-5,7,9-14,18H,1-3,6,8,15-17,19-20,30H2,(H,34,35);(H,6,7). The first-order valence-corrected chi connectivity index (χ1v) is 13.8. The molecule has 0 saturated heterocycles. The van der Waals surface area contributed by atoms with Crippen LogP contribution < -0.4 is 10.6 Å². The molecule has 0 atom stereocenters. The molecule has 0 aliphatic carbocycles. The average molecular weight is 602 g/mol. The molecule has 4 rings (SSSR count). The molecule has 1 aliphatic rings. The van der Waals surface area contributed by atoms with Crippen molar-refractivity contribution in [2.75, 3.05) is 24.5 Å². The summed E-state index contributed by atoms with van der Waals surface area (Å²) in [5.41, 5.74) is 8.63. The first kappa shape index (κ1) is 33.1. The van der Waals surface area contributed by atoms with Crippen LogP contribution in [0.1, 0.15) is 53.6 Å². The molecule has 2 amide bonds. The van der Waals surface area contributed by atoms with E-state index >= 15 is 0 Å². The van der Waals surface area contributed by atoms with E-state index in [0.717, 1.165) is 54.0 Å². The lowest BCUT2D eigenvalue weighted by Gasteiger charge is -2.24. The highest BCUT2D eigenvalue weighted by atomic mass is 19.4. The molecule has 0 unspecified atom stereocenters. The number of anilines is 1. The Bertz CT molecular complexity index is 1450. The van der Waals surface area contributed by atoms with Gasteiger partial charge in [0, 0.05) is 6.54 Å². The molecule has 9 nitrogen and oxygen atoms in total. The van der Waals surface area contributed by atoms with Gasteiger partial charge in [-0.1, -0.05) is 61.4 Å². The molecule has 4 N–H and O–H groups in total. The Morgan fingerprint density at radius 2 is 1.58 bits per heavy atom. The van der Waals surface area contributed by atoms with Crippen molar-refractivity contribution in [3.8, 4) is 0 Å². The Labute approximate surface area is 246 Å². The van der Waals surface area contributed by atoms with Crippen LogP contribution in [-0.4, -0.2) is 64.7 Å². The number of amides is 2. The van der Waals surface area contributed by atoms with E-state index in [2.05, 4.69) is 0 Å². The summed E-state index contributed by atoms with van der Waals surface area (Å²) in [6, 6.07) is 19.8. The van der Waals surface area contributed by atoms with Gasteiger partial charge in [-0.15, -0.1) is 0 Å². The van der Waals surface area contributed by atoms with Crippen LogP contribution in [0.15, 0.2) is 60.7 Å². The fourth-order valence-corrected chi connectivity index (χ4v) is 4.78. The van der Waals surface area contributed by atoms with Gasteiger partial charge in [-0.25, -0.2) is 4.79 Å². The number of hydrogen-bond acceptors (Lipinski definition) is 5. The SMILES string of the molecule is NCCCCCCc1ccc2c(c1)C(=O)N(CCC(=O)O)CC(=O)N2Cc1cccc2ccccc12.O=C(O)C(F)(F)F. The summed E-state index contributed by atoms with van der Waals surface area (Å²) in [6.07, 6.45) is -0.313. The summed E-state index contributed by atoms with van der Waals surface area (Å²) >= 11 is 0. The highest BCUT2D eigenvalue weighted by Crippen LogP contribution is 2.31. The van der Waals surface area contributed by atoms with Gasteiger partial charge in [-0.3, -0.25) is 14.4 Å². The largest absolute Gasteiger partial charge is 0.490 e. The van der Waals surface area contributed by atoms with Crippen molar-refractivity contribution in [3.63, 3.8) is 0 Å². The van der Waals surface area contributed by atoms with Crippen molar-refractivity contribution in [2.24, 2.45) is 5.73 Å². The smallest absolute Gasteiger partial charge is 0.481 e. The Kier molecular flexibility index (Phi) is 11.6. The molecule has 0 bridgehead atoms. The fraction of sp³-hybridized carbons (Fsp3) is 0.355. The van der Waals surface area contributed by atoms with Crippen LogP contribution in [0.5, 0.6) is 0 Å². The van der Waals surface area contributed by atoms with Crippen LogP contribution in [-0.2, 0) is 27.3 Å². The monoisotopic (exact) mass is 601 g/mol. The van der Waals surface area contributed by atoms with E-state index in [1.807, 2.05) is 60.7 Å². The minimum absolute atomic E-state index is 0.00916. The number of nitrogens with two attached hydrogens (primary N) is 1. The number of carbonyl (C=O) groups is 4. The first-order valence-electron chi connectivity index (χ1n) is 13.8. The predicted molar refractivity (Wildman–Crippen MR) is 155 cm³/mol. The van der Waals surface area contributed by atoms with Crippen molar-refractivity contribution in [1.29, 1.82) is 0 Å². The topological polar surface area (TPSA) is 141 Å². The van der Waals surface area contributed by atoms with E-state index < -0.39 is 18.1 Å². The molecule has 1 heterocycles. The number of aryl methyl sites for hydroxylation is 1. The number of carboxylic acids is 2. The number of aliphatic carboxylic acids is 2. The molecule has 12 heteroatoms. The Balaban J connectivity index is 0.000000646. The molecule has 230 valence electrons. The number of alkyl halides is 3. The lowest BCUT2D eigenvalue weighted by molar-refractivity contribution is -0.192. The maximum Gasteiger partial charge on any atom is 0.490 e. The molecule has 0 aromatic heterocycles. The average Bonchev–Trinajstić information content (AvgIpc) is 3.06. The maximum atomic E-state index is 13.5. The second kappa shape index (κ2) is 15.1. The molecular weight excluding hydrogens is 567 g/mol. The number of benzene rings is 3. The van der Waals surface area contributed by atoms with E-state index in [0.29, 0.717) is 24.3 Å². The summed E-state index contributed by atoms with van der Waals surface area (Å²) < 4.78 is 31.7. The lowest BCUT2D eigenvalue weighted by atomic mass is 10.0. The second-order valence-electron chi connectivity index (χ2n) is 10.1. The summed E-state index contributed by atoms with van der Waals surface area (Å²) in [5.74, 6) is -4.29. The highest BCUT2D eigenvalue weighted by Gasteiger charge is 2.38. The van der Waals surface area contributed by atoms with Crippen LogP contribution in [0.25, 0.3) is 10.8 Å². The van der Waals surface area contributed by atoms with Gasteiger partial charge in [-0.2, -0.15) is 13.2 Å². The van der Waals surface area contributed by atoms with Crippen LogP contribution in [0.4, 0.5) is 18.9 Å².